The summed E-state index contributed by atoms with van der Waals surface area (Å²) in [7, 11) is 0. The third-order valence-electron chi connectivity index (χ3n) is 4.37. The van der Waals surface area contributed by atoms with Crippen molar-refractivity contribution in [1.82, 2.24) is 5.32 Å². The molecule has 1 aromatic carbocycles. The number of carbonyl (C=O) groups is 2. The number of amides is 3. The second-order valence-electron chi connectivity index (χ2n) is 5.81. The van der Waals surface area contributed by atoms with Crippen LogP contribution in [-0.2, 0) is 4.79 Å². The van der Waals surface area contributed by atoms with Crippen LogP contribution in [0.1, 0.15) is 32.6 Å². The Morgan fingerprint density at radius 1 is 1.20 bits per heavy atom. The zero-order valence-corrected chi connectivity index (χ0v) is 12.1. The topological polar surface area (TPSA) is 49.4 Å². The van der Waals surface area contributed by atoms with Gasteiger partial charge in [-0.2, -0.15) is 0 Å². The molecule has 0 aromatic heterocycles. The Kier molecular flexibility index (Phi) is 3.21. The molecule has 0 bridgehead atoms. The van der Waals surface area contributed by atoms with Crippen molar-refractivity contribution >= 4 is 29.2 Å². The Bertz CT molecular complexity index is 547. The van der Waals surface area contributed by atoms with Crippen molar-refractivity contribution in [2.24, 2.45) is 5.92 Å². The van der Waals surface area contributed by atoms with Gasteiger partial charge in [-0.05, 0) is 55.9 Å². The normalized spacial score (nSPS) is 29.9. The zero-order chi connectivity index (χ0) is 14.3. The summed E-state index contributed by atoms with van der Waals surface area (Å²) >= 11 is 5.85. The monoisotopic (exact) mass is 292 g/mol. The molecule has 0 atom stereocenters. The summed E-state index contributed by atoms with van der Waals surface area (Å²) in [6, 6.07) is 6.44. The van der Waals surface area contributed by atoms with E-state index in [9.17, 15) is 9.59 Å². The van der Waals surface area contributed by atoms with Crippen molar-refractivity contribution in [2.75, 3.05) is 4.90 Å². The predicted molar refractivity (Wildman–Crippen MR) is 77.8 cm³/mol. The van der Waals surface area contributed by atoms with Crippen molar-refractivity contribution in [1.29, 1.82) is 0 Å². The lowest BCUT2D eigenvalue weighted by molar-refractivity contribution is -0.123. The highest BCUT2D eigenvalue weighted by atomic mass is 35.5. The summed E-state index contributed by atoms with van der Waals surface area (Å²) in [6.07, 6.45) is 3.40. The van der Waals surface area contributed by atoms with Crippen LogP contribution in [0.3, 0.4) is 0 Å². The Morgan fingerprint density at radius 3 is 2.40 bits per heavy atom. The van der Waals surface area contributed by atoms with E-state index in [1.807, 2.05) is 0 Å². The van der Waals surface area contributed by atoms with Gasteiger partial charge in [-0.15, -0.1) is 0 Å². The number of nitrogens with one attached hydrogen (secondary N) is 1. The maximum Gasteiger partial charge on any atom is 0.329 e. The van der Waals surface area contributed by atoms with E-state index in [-0.39, 0.29) is 11.9 Å². The van der Waals surface area contributed by atoms with Gasteiger partial charge in [0.05, 0.1) is 5.69 Å². The fourth-order valence-corrected chi connectivity index (χ4v) is 3.16. The maximum atomic E-state index is 12.7. The average molecular weight is 293 g/mol. The molecule has 1 N–H and O–H groups in total. The van der Waals surface area contributed by atoms with Crippen molar-refractivity contribution in [3.63, 3.8) is 0 Å². The molecule has 1 spiro atoms. The fraction of sp³-hybridized carbons (Fsp3) is 0.467. The predicted octanol–water partition coefficient (Wildman–Crippen LogP) is 3.35. The second kappa shape index (κ2) is 4.77. The van der Waals surface area contributed by atoms with E-state index >= 15 is 0 Å². The number of hydrogen-bond donors (Lipinski definition) is 1. The third-order valence-corrected chi connectivity index (χ3v) is 4.63. The number of halogens is 1. The molecule has 5 heteroatoms. The first-order valence-electron chi connectivity index (χ1n) is 6.94. The van der Waals surface area contributed by atoms with E-state index in [1.54, 1.807) is 24.3 Å². The van der Waals surface area contributed by atoms with Crippen LogP contribution in [0, 0.1) is 5.92 Å². The number of anilines is 1. The van der Waals surface area contributed by atoms with Gasteiger partial charge in [0, 0.05) is 5.02 Å². The van der Waals surface area contributed by atoms with Crippen LogP contribution in [-0.4, -0.2) is 17.5 Å². The summed E-state index contributed by atoms with van der Waals surface area (Å²) in [4.78, 5) is 26.1. The minimum atomic E-state index is -0.691. The zero-order valence-electron chi connectivity index (χ0n) is 11.4. The Hall–Kier alpha value is -1.55. The Labute approximate surface area is 123 Å². The van der Waals surface area contributed by atoms with Crippen molar-refractivity contribution in [3.8, 4) is 0 Å². The number of urea groups is 1. The average Bonchev–Trinajstić information content (AvgIpc) is 2.67. The molecule has 2 fully saturated rings. The highest BCUT2D eigenvalue weighted by Crippen LogP contribution is 2.37. The summed E-state index contributed by atoms with van der Waals surface area (Å²) in [5.74, 6) is 0.492. The smallest absolute Gasteiger partial charge is 0.323 e. The van der Waals surface area contributed by atoms with Gasteiger partial charge in [-0.3, -0.25) is 4.79 Å². The SMILES string of the molecule is CC1CCC2(CC1)NC(=O)N(c1ccc(Cl)cc1)C2=O. The van der Waals surface area contributed by atoms with Crippen LogP contribution in [0.4, 0.5) is 10.5 Å². The lowest BCUT2D eigenvalue weighted by Gasteiger charge is -2.33. The molecule has 3 rings (SSSR count). The van der Waals surface area contributed by atoms with Gasteiger partial charge < -0.3 is 5.32 Å². The minimum absolute atomic E-state index is 0.128. The van der Waals surface area contributed by atoms with E-state index in [2.05, 4.69) is 12.2 Å². The second-order valence-corrected chi connectivity index (χ2v) is 6.25. The molecular weight excluding hydrogens is 276 g/mol. The Morgan fingerprint density at radius 2 is 1.80 bits per heavy atom. The van der Waals surface area contributed by atoms with Gasteiger partial charge in [0.1, 0.15) is 5.54 Å². The van der Waals surface area contributed by atoms with E-state index in [0.29, 0.717) is 16.6 Å². The quantitative estimate of drug-likeness (QED) is 0.807. The molecule has 1 aliphatic heterocycles. The molecule has 0 unspecified atom stereocenters. The third kappa shape index (κ3) is 2.08. The van der Waals surface area contributed by atoms with Crippen LogP contribution >= 0.6 is 11.6 Å². The van der Waals surface area contributed by atoms with E-state index in [1.165, 1.54) is 4.90 Å². The number of hydrogen-bond acceptors (Lipinski definition) is 2. The van der Waals surface area contributed by atoms with Gasteiger partial charge in [-0.25, -0.2) is 9.69 Å². The number of rotatable bonds is 1. The van der Waals surface area contributed by atoms with Gasteiger partial charge in [0.2, 0.25) is 0 Å². The summed E-state index contributed by atoms with van der Waals surface area (Å²) in [5, 5.41) is 3.49. The molecule has 20 heavy (non-hydrogen) atoms. The highest BCUT2D eigenvalue weighted by Gasteiger charge is 2.52. The number of carbonyl (C=O) groups excluding carboxylic acids is 2. The molecule has 4 nitrogen and oxygen atoms in total. The van der Waals surface area contributed by atoms with Gasteiger partial charge >= 0.3 is 6.03 Å². The first kappa shape index (κ1) is 13.4. The fourth-order valence-electron chi connectivity index (χ4n) is 3.04. The van der Waals surface area contributed by atoms with Crippen molar-refractivity contribution in [3.05, 3.63) is 29.3 Å². The molecular formula is C15H17ClN2O2. The van der Waals surface area contributed by atoms with Gasteiger partial charge in [-0.1, -0.05) is 18.5 Å². The molecule has 1 aliphatic carbocycles. The first-order chi connectivity index (χ1) is 9.52. The van der Waals surface area contributed by atoms with Crippen LogP contribution < -0.4 is 10.2 Å². The molecule has 1 saturated heterocycles. The largest absolute Gasteiger partial charge is 0.329 e. The van der Waals surface area contributed by atoms with Crippen LogP contribution in [0.2, 0.25) is 5.02 Å². The van der Waals surface area contributed by atoms with E-state index < -0.39 is 5.54 Å². The first-order valence-corrected chi connectivity index (χ1v) is 7.32. The summed E-state index contributed by atoms with van der Waals surface area (Å²) < 4.78 is 0. The minimum Gasteiger partial charge on any atom is -0.323 e. The van der Waals surface area contributed by atoms with E-state index in [0.717, 1.165) is 25.7 Å². The molecule has 106 valence electrons. The van der Waals surface area contributed by atoms with Crippen LogP contribution in [0.5, 0.6) is 0 Å². The summed E-state index contributed by atoms with van der Waals surface area (Å²) in [6.45, 7) is 2.19. The summed E-state index contributed by atoms with van der Waals surface area (Å²) in [5.41, 5.74) is -0.115. The number of imide groups is 1. The molecule has 1 heterocycles. The van der Waals surface area contributed by atoms with Crippen molar-refractivity contribution in [2.45, 2.75) is 38.1 Å². The standard InChI is InChI=1S/C15H17ClN2O2/c1-10-6-8-15(9-7-10)13(19)18(14(20)17-15)12-4-2-11(16)3-5-12/h2-5,10H,6-9H2,1H3,(H,17,20). The lowest BCUT2D eigenvalue weighted by Crippen LogP contribution is -2.49. The van der Waals surface area contributed by atoms with Gasteiger partial charge in [0.25, 0.3) is 5.91 Å². The van der Waals surface area contributed by atoms with Crippen molar-refractivity contribution < 1.29 is 9.59 Å². The molecule has 0 radical (unpaired) electrons. The molecule has 3 amide bonds. The van der Waals surface area contributed by atoms with Crippen LogP contribution in [0.25, 0.3) is 0 Å². The van der Waals surface area contributed by atoms with E-state index in [4.69, 9.17) is 11.6 Å². The highest BCUT2D eigenvalue weighted by molar-refractivity contribution is 6.30. The van der Waals surface area contributed by atoms with Crippen LogP contribution in [0.15, 0.2) is 24.3 Å². The van der Waals surface area contributed by atoms with Gasteiger partial charge in [0.15, 0.2) is 0 Å². The number of benzene rings is 1. The molecule has 1 aromatic rings. The molecule has 1 saturated carbocycles. The maximum absolute atomic E-state index is 12.7. The lowest BCUT2D eigenvalue weighted by atomic mass is 9.77. The number of nitrogens with zero attached hydrogens (tertiary/aromatic N) is 1. The molecule has 2 aliphatic rings. The Balaban J connectivity index is 1.89.